The monoisotopic (exact) mass is 356 g/mol. The molecule has 0 unspecified atom stereocenters. The van der Waals surface area contributed by atoms with Crippen molar-refractivity contribution in [1.29, 1.82) is 0 Å². The van der Waals surface area contributed by atoms with E-state index in [2.05, 4.69) is 10.1 Å². The molecule has 1 aromatic carbocycles. The second-order valence-corrected chi connectivity index (χ2v) is 6.58. The van der Waals surface area contributed by atoms with E-state index in [1.807, 2.05) is 24.9 Å². The van der Waals surface area contributed by atoms with Gasteiger partial charge in [-0.2, -0.15) is 5.10 Å². The lowest BCUT2D eigenvalue weighted by Crippen LogP contribution is -2.29. The van der Waals surface area contributed by atoms with Gasteiger partial charge in [0.1, 0.15) is 23.5 Å². The van der Waals surface area contributed by atoms with Gasteiger partial charge in [0.05, 0.1) is 6.20 Å². The molecule has 3 heterocycles. The van der Waals surface area contributed by atoms with E-state index in [1.54, 1.807) is 23.0 Å². The second-order valence-electron chi connectivity index (χ2n) is 6.58. The minimum atomic E-state index is -0.343. The highest BCUT2D eigenvalue weighted by Gasteiger charge is 2.16. The summed E-state index contributed by atoms with van der Waals surface area (Å²) in [6.45, 7) is 2.61. The van der Waals surface area contributed by atoms with Crippen LogP contribution in [0.15, 0.2) is 36.7 Å². The van der Waals surface area contributed by atoms with Gasteiger partial charge in [-0.05, 0) is 31.2 Å². The second kappa shape index (κ2) is 6.54. The van der Waals surface area contributed by atoms with Crippen LogP contribution in [0.1, 0.15) is 18.1 Å². The van der Waals surface area contributed by atoms with Gasteiger partial charge in [-0.15, -0.1) is 0 Å². The molecule has 8 heteroatoms. The Balaban J connectivity index is 1.80. The van der Waals surface area contributed by atoms with Gasteiger partial charge in [0.25, 0.3) is 0 Å². The number of fused-ring (bicyclic) bond motifs is 2. The molecular formula is C18H19FN5O2-. The number of benzene rings is 1. The van der Waals surface area contributed by atoms with Crippen molar-refractivity contribution in [2.45, 2.75) is 26.1 Å². The third-order valence-electron chi connectivity index (χ3n) is 4.38. The zero-order valence-electron chi connectivity index (χ0n) is 14.6. The highest BCUT2D eigenvalue weighted by Crippen LogP contribution is 2.25. The first-order valence-electron chi connectivity index (χ1n) is 8.41. The third kappa shape index (κ3) is 3.21. The molecule has 1 aliphatic heterocycles. The number of aromatic nitrogens is 3. The van der Waals surface area contributed by atoms with Crippen LogP contribution in [0.25, 0.3) is 5.65 Å². The predicted molar refractivity (Wildman–Crippen MR) is 95.4 cm³/mol. The lowest BCUT2D eigenvalue weighted by molar-refractivity contribution is 0.169. The quantitative estimate of drug-likeness (QED) is 0.617. The van der Waals surface area contributed by atoms with E-state index in [1.165, 1.54) is 12.1 Å². The minimum absolute atomic E-state index is 0.174. The van der Waals surface area contributed by atoms with Crippen LogP contribution in [0.2, 0.25) is 0 Å². The molecule has 0 saturated heterocycles. The molecule has 136 valence electrons. The predicted octanol–water partition coefficient (Wildman–Crippen LogP) is 2.59. The summed E-state index contributed by atoms with van der Waals surface area (Å²) < 4.78 is 21.3. The Kier molecular flexibility index (Phi) is 4.21. The van der Waals surface area contributed by atoms with Crippen molar-refractivity contribution >= 4 is 11.5 Å². The van der Waals surface area contributed by atoms with E-state index in [0.29, 0.717) is 29.3 Å². The summed E-state index contributed by atoms with van der Waals surface area (Å²) in [4.78, 5) is 6.55. The SMILES string of the molecule is C[C@@H]1CN([O-])Cc2cnn3ccc(nc23)N(C)Cc2cc(F)ccc2O1. The lowest BCUT2D eigenvalue weighted by atomic mass is 10.1. The van der Waals surface area contributed by atoms with Crippen molar-refractivity contribution in [3.8, 4) is 5.75 Å². The first kappa shape index (κ1) is 16.7. The van der Waals surface area contributed by atoms with E-state index in [-0.39, 0.29) is 25.0 Å². The van der Waals surface area contributed by atoms with Crippen LogP contribution in [0, 0.1) is 11.0 Å². The van der Waals surface area contributed by atoms with Crippen molar-refractivity contribution in [3.63, 3.8) is 0 Å². The first-order chi connectivity index (χ1) is 12.5. The standard InChI is InChI=1S/C18H19FN5O2/c1-12-9-23(25)11-14-8-20-24-6-5-17(21-18(14)24)22(2)10-13-7-15(19)3-4-16(13)26-12/h3-8,12H,9-11H2,1-2H3/q-1/t12-/m1/s1. The summed E-state index contributed by atoms with van der Waals surface area (Å²) in [6.07, 6.45) is 3.12. The van der Waals surface area contributed by atoms with Gasteiger partial charge >= 0.3 is 0 Å². The normalized spacial score (nSPS) is 18.8. The Bertz CT molecular complexity index is 944. The molecule has 2 aromatic heterocycles. The molecule has 0 N–H and O–H groups in total. The Labute approximate surface area is 150 Å². The van der Waals surface area contributed by atoms with Crippen molar-refractivity contribution in [2.24, 2.45) is 0 Å². The van der Waals surface area contributed by atoms with Gasteiger partial charge in [0, 0.05) is 44.0 Å². The molecule has 4 rings (SSSR count). The minimum Gasteiger partial charge on any atom is -0.785 e. The molecule has 2 bridgehead atoms. The zero-order chi connectivity index (χ0) is 18.3. The number of halogens is 1. The molecule has 1 atom stereocenters. The van der Waals surface area contributed by atoms with E-state index >= 15 is 0 Å². The van der Waals surface area contributed by atoms with Crippen LogP contribution in [-0.4, -0.2) is 39.4 Å². The van der Waals surface area contributed by atoms with Gasteiger partial charge < -0.3 is 19.9 Å². The zero-order valence-corrected chi connectivity index (χ0v) is 14.6. The van der Waals surface area contributed by atoms with Crippen molar-refractivity contribution < 1.29 is 9.13 Å². The molecule has 26 heavy (non-hydrogen) atoms. The van der Waals surface area contributed by atoms with Crippen LogP contribution >= 0.6 is 0 Å². The van der Waals surface area contributed by atoms with E-state index < -0.39 is 0 Å². The van der Waals surface area contributed by atoms with Crippen LogP contribution in [0.4, 0.5) is 10.2 Å². The molecule has 0 spiro atoms. The lowest BCUT2D eigenvalue weighted by Gasteiger charge is -2.31. The van der Waals surface area contributed by atoms with E-state index in [4.69, 9.17) is 4.74 Å². The molecule has 0 radical (unpaired) electrons. The third-order valence-corrected chi connectivity index (χ3v) is 4.38. The number of anilines is 1. The molecule has 7 nitrogen and oxygen atoms in total. The maximum Gasteiger partial charge on any atom is 0.161 e. The number of nitrogens with zero attached hydrogens (tertiary/aromatic N) is 5. The van der Waals surface area contributed by atoms with Gasteiger partial charge in [0.2, 0.25) is 0 Å². The molecule has 0 aliphatic carbocycles. The van der Waals surface area contributed by atoms with Crippen LogP contribution in [-0.2, 0) is 13.1 Å². The van der Waals surface area contributed by atoms with E-state index in [9.17, 15) is 9.60 Å². The van der Waals surface area contributed by atoms with Crippen LogP contribution in [0.3, 0.4) is 0 Å². The average molecular weight is 356 g/mol. The number of ether oxygens (including phenoxy) is 1. The topological polar surface area (TPSA) is 69.0 Å². The molecule has 1 aliphatic rings. The van der Waals surface area contributed by atoms with Crippen molar-refractivity contribution in [2.75, 3.05) is 18.5 Å². The largest absolute Gasteiger partial charge is 0.785 e. The number of hydroxylamine groups is 2. The van der Waals surface area contributed by atoms with Crippen LogP contribution < -0.4 is 9.64 Å². The Hall–Kier alpha value is -2.71. The summed E-state index contributed by atoms with van der Waals surface area (Å²) in [5.41, 5.74) is 2.10. The smallest absolute Gasteiger partial charge is 0.161 e. The molecule has 3 aromatic rings. The van der Waals surface area contributed by atoms with Gasteiger partial charge in [-0.1, -0.05) is 0 Å². The fourth-order valence-electron chi connectivity index (χ4n) is 3.15. The summed E-state index contributed by atoms with van der Waals surface area (Å²) in [7, 11) is 1.88. The average Bonchev–Trinajstić information content (AvgIpc) is 2.98. The molecule has 0 amide bonds. The number of hydrogen-bond donors (Lipinski definition) is 0. The van der Waals surface area contributed by atoms with Crippen molar-refractivity contribution in [3.05, 3.63) is 58.8 Å². The Morgan fingerprint density at radius 1 is 1.23 bits per heavy atom. The highest BCUT2D eigenvalue weighted by atomic mass is 19.1. The number of rotatable bonds is 0. The van der Waals surface area contributed by atoms with Gasteiger partial charge in [-0.3, -0.25) is 0 Å². The fraction of sp³-hybridized carbons (Fsp3) is 0.333. The molecule has 0 fully saturated rings. The number of hydrogen-bond acceptors (Lipinski definition) is 6. The first-order valence-corrected chi connectivity index (χ1v) is 8.41. The highest BCUT2D eigenvalue weighted by molar-refractivity contribution is 5.53. The van der Waals surface area contributed by atoms with Gasteiger partial charge in [-0.25, -0.2) is 13.9 Å². The molecule has 0 saturated carbocycles. The Morgan fingerprint density at radius 3 is 2.92 bits per heavy atom. The maximum atomic E-state index is 13.8. The fourth-order valence-corrected chi connectivity index (χ4v) is 3.15. The van der Waals surface area contributed by atoms with Crippen molar-refractivity contribution in [1.82, 2.24) is 19.7 Å². The summed E-state index contributed by atoms with van der Waals surface area (Å²) >= 11 is 0. The summed E-state index contributed by atoms with van der Waals surface area (Å²) in [6, 6.07) is 6.26. The van der Waals surface area contributed by atoms with E-state index in [0.717, 1.165) is 10.6 Å². The van der Waals surface area contributed by atoms with Crippen LogP contribution in [0.5, 0.6) is 5.75 Å². The maximum absolute atomic E-state index is 13.8. The summed E-state index contributed by atoms with van der Waals surface area (Å²) in [5, 5.41) is 17.5. The van der Waals surface area contributed by atoms with Gasteiger partial charge in [0.15, 0.2) is 5.65 Å². The molecular weight excluding hydrogens is 337 g/mol. The Morgan fingerprint density at radius 2 is 2.08 bits per heavy atom. The summed E-state index contributed by atoms with van der Waals surface area (Å²) in [5.74, 6) is 0.950.